The van der Waals surface area contributed by atoms with Gasteiger partial charge < -0.3 is 9.47 Å². The number of benzene rings is 2. The first-order chi connectivity index (χ1) is 13.6. The minimum Gasteiger partial charge on any atom is -0.444 e. The molecule has 158 valence electrons. The van der Waals surface area contributed by atoms with Gasteiger partial charge in [0.15, 0.2) is 0 Å². The average molecular weight is 422 g/mol. The minimum absolute atomic E-state index is 0.0197. The van der Waals surface area contributed by atoms with Crippen LogP contribution < -0.4 is 0 Å². The molecule has 0 saturated carbocycles. The third-order valence-corrected chi connectivity index (χ3v) is 4.99. The molecule has 0 aliphatic heterocycles. The third-order valence-electron chi connectivity index (χ3n) is 3.72. The second kappa shape index (κ2) is 9.87. The molecule has 1 amide bonds. The van der Waals surface area contributed by atoms with Gasteiger partial charge in [-0.1, -0.05) is 42.5 Å². The Kier molecular flexibility index (Phi) is 7.78. The van der Waals surface area contributed by atoms with Gasteiger partial charge in [-0.25, -0.2) is 8.98 Å². The second-order valence-electron chi connectivity index (χ2n) is 7.45. The van der Waals surface area contributed by atoms with E-state index in [-0.39, 0.29) is 11.4 Å². The predicted molar refractivity (Wildman–Crippen MR) is 109 cm³/mol. The van der Waals surface area contributed by atoms with Crippen LogP contribution in [0.4, 0.5) is 4.79 Å². The fourth-order valence-electron chi connectivity index (χ4n) is 2.48. The smallest absolute Gasteiger partial charge is 0.412 e. The number of nitrogens with zero attached hydrogens (tertiary/aromatic N) is 1. The Morgan fingerprint density at radius 2 is 1.66 bits per heavy atom. The van der Waals surface area contributed by atoms with Crippen LogP contribution >= 0.6 is 0 Å². The number of ether oxygens (including phenoxy) is 2. The van der Waals surface area contributed by atoms with Crippen molar-refractivity contribution in [3.05, 3.63) is 65.7 Å². The molecule has 2 aromatic carbocycles. The molecule has 0 spiro atoms. The van der Waals surface area contributed by atoms with Crippen LogP contribution in [0.3, 0.4) is 0 Å². The molecule has 0 aliphatic rings. The highest BCUT2D eigenvalue weighted by Crippen LogP contribution is 2.17. The first-order valence-electron chi connectivity index (χ1n) is 9.10. The minimum atomic E-state index is -4.01. The highest BCUT2D eigenvalue weighted by atomic mass is 32.2. The summed E-state index contributed by atoms with van der Waals surface area (Å²) in [6.45, 7) is 5.30. The van der Waals surface area contributed by atoms with Gasteiger partial charge in [0, 0.05) is 7.11 Å². The van der Waals surface area contributed by atoms with E-state index >= 15 is 0 Å². The van der Waals surface area contributed by atoms with E-state index in [9.17, 15) is 13.2 Å². The molecule has 0 atom stereocenters. The SMILES string of the molecule is COCc1cccc(CN(COS(=O)(=O)c2ccccc2)C(=O)OC(C)(C)C)c1. The molecule has 0 aromatic heterocycles. The summed E-state index contributed by atoms with van der Waals surface area (Å²) in [5.74, 6) is 0. The van der Waals surface area contributed by atoms with Crippen LogP contribution in [0, 0.1) is 0 Å². The Hall–Kier alpha value is -2.42. The second-order valence-corrected chi connectivity index (χ2v) is 9.06. The van der Waals surface area contributed by atoms with Crippen LogP contribution in [0.15, 0.2) is 59.5 Å². The summed E-state index contributed by atoms with van der Waals surface area (Å²) >= 11 is 0. The number of amides is 1. The molecule has 0 fully saturated rings. The van der Waals surface area contributed by atoms with Crippen LogP contribution in [-0.4, -0.2) is 38.9 Å². The van der Waals surface area contributed by atoms with E-state index in [0.29, 0.717) is 6.61 Å². The fourth-order valence-corrected chi connectivity index (χ4v) is 3.37. The number of carbonyl (C=O) groups excluding carboxylic acids is 1. The molecule has 0 unspecified atom stereocenters. The third kappa shape index (κ3) is 7.49. The van der Waals surface area contributed by atoms with E-state index in [2.05, 4.69) is 0 Å². The molecule has 2 rings (SSSR count). The lowest BCUT2D eigenvalue weighted by Gasteiger charge is -2.27. The highest BCUT2D eigenvalue weighted by Gasteiger charge is 2.25. The van der Waals surface area contributed by atoms with Gasteiger partial charge in [-0.15, -0.1) is 0 Å². The summed E-state index contributed by atoms with van der Waals surface area (Å²) in [6, 6.07) is 15.2. The maximum absolute atomic E-state index is 12.6. The van der Waals surface area contributed by atoms with Crippen molar-refractivity contribution in [2.24, 2.45) is 0 Å². The van der Waals surface area contributed by atoms with E-state index in [0.717, 1.165) is 11.1 Å². The topological polar surface area (TPSA) is 82.1 Å². The summed E-state index contributed by atoms with van der Waals surface area (Å²) in [5, 5.41) is 0. The average Bonchev–Trinajstić information content (AvgIpc) is 2.65. The Morgan fingerprint density at radius 3 is 2.28 bits per heavy atom. The number of rotatable bonds is 8. The van der Waals surface area contributed by atoms with E-state index in [4.69, 9.17) is 13.7 Å². The lowest BCUT2D eigenvalue weighted by molar-refractivity contribution is 0.00859. The zero-order chi connectivity index (χ0) is 21.5. The largest absolute Gasteiger partial charge is 0.444 e. The molecule has 0 bridgehead atoms. The lowest BCUT2D eigenvalue weighted by atomic mass is 10.1. The van der Waals surface area contributed by atoms with Gasteiger partial charge in [0.1, 0.15) is 12.3 Å². The number of hydrogen-bond donors (Lipinski definition) is 0. The van der Waals surface area contributed by atoms with Crippen LogP contribution in [0.1, 0.15) is 31.9 Å². The Morgan fingerprint density at radius 1 is 1.00 bits per heavy atom. The molecule has 29 heavy (non-hydrogen) atoms. The zero-order valence-corrected chi connectivity index (χ0v) is 17.9. The first-order valence-corrected chi connectivity index (χ1v) is 10.5. The van der Waals surface area contributed by atoms with Crippen molar-refractivity contribution >= 4 is 16.2 Å². The van der Waals surface area contributed by atoms with E-state index < -0.39 is 28.5 Å². The monoisotopic (exact) mass is 421 g/mol. The van der Waals surface area contributed by atoms with Crippen molar-refractivity contribution in [3.8, 4) is 0 Å². The lowest BCUT2D eigenvalue weighted by Crippen LogP contribution is -2.38. The summed E-state index contributed by atoms with van der Waals surface area (Å²) in [6.07, 6.45) is -0.669. The zero-order valence-electron chi connectivity index (χ0n) is 17.1. The molecular formula is C21H27NO6S. The standard InChI is InChI=1S/C21H27NO6S/c1-21(2,3)28-20(23)22(14-17-9-8-10-18(13-17)15-26-4)16-27-29(24,25)19-11-6-5-7-12-19/h5-13H,14-16H2,1-4H3. The number of methoxy groups -OCH3 is 1. The van der Waals surface area contributed by atoms with Crippen LogP contribution in [-0.2, 0) is 36.9 Å². The quantitative estimate of drug-likeness (QED) is 0.474. The van der Waals surface area contributed by atoms with Gasteiger partial charge in [0.05, 0.1) is 18.0 Å². The van der Waals surface area contributed by atoms with Gasteiger partial charge in [-0.2, -0.15) is 8.42 Å². The van der Waals surface area contributed by atoms with Crippen LogP contribution in [0.5, 0.6) is 0 Å². The molecule has 0 radical (unpaired) electrons. The van der Waals surface area contributed by atoms with Crippen molar-refractivity contribution in [3.63, 3.8) is 0 Å². The fraction of sp³-hybridized carbons (Fsp3) is 0.381. The highest BCUT2D eigenvalue weighted by molar-refractivity contribution is 7.86. The summed E-state index contributed by atoms with van der Waals surface area (Å²) in [7, 11) is -2.41. The molecule has 0 aliphatic carbocycles. The van der Waals surface area contributed by atoms with Gasteiger partial charge in [0.2, 0.25) is 0 Å². The summed E-state index contributed by atoms with van der Waals surface area (Å²) in [5.41, 5.74) is 1.00. The van der Waals surface area contributed by atoms with Crippen molar-refractivity contribution in [2.75, 3.05) is 13.8 Å². The van der Waals surface area contributed by atoms with Crippen LogP contribution in [0.25, 0.3) is 0 Å². The maximum Gasteiger partial charge on any atom is 0.412 e. The van der Waals surface area contributed by atoms with E-state index in [1.807, 2.05) is 24.3 Å². The summed E-state index contributed by atoms with van der Waals surface area (Å²) in [4.78, 5) is 13.9. The van der Waals surface area contributed by atoms with Gasteiger partial charge in [-0.3, -0.25) is 4.90 Å². The van der Waals surface area contributed by atoms with Crippen molar-refractivity contribution in [1.29, 1.82) is 0 Å². The van der Waals surface area contributed by atoms with Crippen molar-refractivity contribution in [2.45, 2.75) is 44.4 Å². The molecule has 0 saturated heterocycles. The van der Waals surface area contributed by atoms with Crippen molar-refractivity contribution < 1.29 is 26.9 Å². The molecule has 2 aromatic rings. The van der Waals surface area contributed by atoms with Crippen LogP contribution in [0.2, 0.25) is 0 Å². The van der Waals surface area contributed by atoms with Crippen molar-refractivity contribution in [1.82, 2.24) is 4.90 Å². The molecule has 8 heteroatoms. The maximum atomic E-state index is 12.6. The van der Waals surface area contributed by atoms with Gasteiger partial charge >= 0.3 is 6.09 Å². The van der Waals surface area contributed by atoms with E-state index in [1.165, 1.54) is 17.0 Å². The Labute approximate surface area is 172 Å². The number of hydrogen-bond acceptors (Lipinski definition) is 6. The molecular weight excluding hydrogens is 394 g/mol. The molecule has 0 N–H and O–H groups in total. The first kappa shape index (κ1) is 22.9. The molecule has 0 heterocycles. The normalized spacial score (nSPS) is 11.9. The van der Waals surface area contributed by atoms with Gasteiger partial charge in [-0.05, 0) is 44.0 Å². The molecule has 7 nitrogen and oxygen atoms in total. The van der Waals surface area contributed by atoms with E-state index in [1.54, 1.807) is 46.1 Å². The van der Waals surface area contributed by atoms with Gasteiger partial charge in [0.25, 0.3) is 10.1 Å². The number of carbonyl (C=O) groups is 1. The predicted octanol–water partition coefficient (Wildman–Crippen LogP) is 3.93. The Bertz CT molecular complexity index is 906. The summed E-state index contributed by atoms with van der Waals surface area (Å²) < 4.78 is 40.5. The Balaban J connectivity index is 2.19.